The largest absolute Gasteiger partial charge is 0.459 e. The van der Waals surface area contributed by atoms with Crippen LogP contribution in [0.1, 0.15) is 41.7 Å². The highest BCUT2D eigenvalue weighted by Gasteiger charge is 2.33. The number of carbonyl (C=O) groups is 2. The fourth-order valence-corrected chi connectivity index (χ4v) is 4.80. The molecule has 3 aromatic rings. The molecule has 9 heteroatoms. The topological polar surface area (TPSA) is 116 Å². The average molecular weight is 474 g/mol. The van der Waals surface area contributed by atoms with Crippen molar-refractivity contribution in [1.82, 2.24) is 15.2 Å². The Labute approximate surface area is 203 Å². The fraction of sp³-hybridized carbons (Fsp3) is 0.385. The molecule has 0 saturated carbocycles. The zero-order valence-corrected chi connectivity index (χ0v) is 19.4. The minimum absolute atomic E-state index is 0.0558. The van der Waals surface area contributed by atoms with Crippen LogP contribution in [-0.2, 0) is 4.79 Å². The first-order chi connectivity index (χ1) is 17.1. The van der Waals surface area contributed by atoms with E-state index >= 15 is 0 Å². The number of oxazole rings is 1. The highest BCUT2D eigenvalue weighted by molar-refractivity contribution is 5.94. The van der Waals surface area contributed by atoms with Crippen molar-refractivity contribution in [1.29, 1.82) is 5.26 Å². The molecule has 2 aliphatic rings. The number of carbonyl (C=O) groups excluding carboxylic acids is 2. The number of amides is 2. The quantitative estimate of drug-likeness (QED) is 0.603. The maximum Gasteiger partial charge on any atom is 0.266 e. The van der Waals surface area contributed by atoms with Gasteiger partial charge in [-0.2, -0.15) is 10.2 Å². The summed E-state index contributed by atoms with van der Waals surface area (Å²) in [4.78, 5) is 33.7. The Hall–Kier alpha value is -4.06. The molecule has 2 aromatic heterocycles. The second-order valence-electron chi connectivity index (χ2n) is 8.96. The van der Waals surface area contributed by atoms with E-state index in [1.165, 1.54) is 6.26 Å². The van der Waals surface area contributed by atoms with Crippen molar-refractivity contribution >= 4 is 17.7 Å². The number of benzene rings is 1. The summed E-state index contributed by atoms with van der Waals surface area (Å²) >= 11 is 0. The predicted molar refractivity (Wildman–Crippen MR) is 127 cm³/mol. The standard InChI is InChI=1S/C26H27N5O4/c27-17-21-26(35-24(29-21)22-7-4-16-34-22)31-12-8-19(9-13-31)25(33)30-14-10-20(11-15-30)28-23(32)18-5-2-1-3-6-18/h1-7,16,19-20H,8-15H2,(H,28,32). The van der Waals surface area contributed by atoms with Gasteiger partial charge in [0.15, 0.2) is 5.76 Å². The van der Waals surface area contributed by atoms with Gasteiger partial charge in [-0.25, -0.2) is 0 Å². The Morgan fingerprint density at radius 1 is 1.00 bits per heavy atom. The van der Waals surface area contributed by atoms with Crippen molar-refractivity contribution in [2.75, 3.05) is 31.1 Å². The van der Waals surface area contributed by atoms with Gasteiger partial charge in [-0.1, -0.05) is 18.2 Å². The fourth-order valence-electron chi connectivity index (χ4n) is 4.80. The summed E-state index contributed by atoms with van der Waals surface area (Å²) in [7, 11) is 0. The van der Waals surface area contributed by atoms with Gasteiger partial charge in [-0.3, -0.25) is 9.59 Å². The molecule has 2 aliphatic heterocycles. The lowest BCUT2D eigenvalue weighted by molar-refractivity contribution is -0.137. The average Bonchev–Trinajstić information content (AvgIpc) is 3.60. The van der Waals surface area contributed by atoms with E-state index in [9.17, 15) is 14.9 Å². The molecule has 2 fully saturated rings. The van der Waals surface area contributed by atoms with Gasteiger partial charge in [-0.05, 0) is 49.9 Å². The van der Waals surface area contributed by atoms with Gasteiger partial charge in [0.05, 0.1) is 6.26 Å². The number of nitrogens with one attached hydrogen (secondary N) is 1. The van der Waals surface area contributed by atoms with Crippen molar-refractivity contribution in [3.05, 3.63) is 60.0 Å². The van der Waals surface area contributed by atoms with Crippen molar-refractivity contribution in [2.45, 2.75) is 31.7 Å². The number of piperidine rings is 2. The zero-order chi connectivity index (χ0) is 24.2. The molecule has 0 spiro atoms. The van der Waals surface area contributed by atoms with Gasteiger partial charge in [-0.15, -0.1) is 0 Å². The molecule has 0 unspecified atom stereocenters. The van der Waals surface area contributed by atoms with E-state index in [1.54, 1.807) is 24.3 Å². The van der Waals surface area contributed by atoms with E-state index in [0.29, 0.717) is 56.2 Å². The lowest BCUT2D eigenvalue weighted by Gasteiger charge is -2.37. The number of rotatable bonds is 5. The number of hydrogen-bond donors (Lipinski definition) is 1. The molecule has 2 amide bonds. The molecule has 0 atom stereocenters. The summed E-state index contributed by atoms with van der Waals surface area (Å²) < 4.78 is 11.2. The van der Waals surface area contributed by atoms with Gasteiger partial charge in [0, 0.05) is 43.7 Å². The molecule has 180 valence electrons. The molecule has 1 N–H and O–H groups in total. The third-order valence-electron chi connectivity index (χ3n) is 6.76. The van der Waals surface area contributed by atoms with Gasteiger partial charge < -0.3 is 24.0 Å². The van der Waals surface area contributed by atoms with E-state index in [-0.39, 0.29) is 35.4 Å². The monoisotopic (exact) mass is 473 g/mol. The second kappa shape index (κ2) is 10.1. The molecule has 1 aromatic carbocycles. The number of aromatic nitrogens is 1. The number of nitriles is 1. The van der Waals surface area contributed by atoms with Crippen molar-refractivity contribution in [3.8, 4) is 17.7 Å². The smallest absolute Gasteiger partial charge is 0.266 e. The van der Waals surface area contributed by atoms with Gasteiger partial charge in [0.1, 0.15) is 6.07 Å². The van der Waals surface area contributed by atoms with Crippen LogP contribution in [0.4, 0.5) is 5.88 Å². The molecule has 2 saturated heterocycles. The van der Waals surface area contributed by atoms with Crippen LogP contribution in [0.15, 0.2) is 57.6 Å². The highest BCUT2D eigenvalue weighted by atomic mass is 16.4. The summed E-state index contributed by atoms with van der Waals surface area (Å²) in [5.74, 6) is 1.23. The molecule has 0 aliphatic carbocycles. The molecule has 9 nitrogen and oxygen atoms in total. The van der Waals surface area contributed by atoms with Crippen LogP contribution in [0.3, 0.4) is 0 Å². The Balaban J connectivity index is 1.12. The van der Waals surface area contributed by atoms with Crippen LogP contribution < -0.4 is 10.2 Å². The number of likely N-dealkylation sites (tertiary alicyclic amines) is 1. The SMILES string of the molecule is N#Cc1nc(-c2ccco2)oc1N1CCC(C(=O)N2CCC(NC(=O)c3ccccc3)CC2)CC1. The summed E-state index contributed by atoms with van der Waals surface area (Å²) in [5, 5.41) is 12.6. The highest BCUT2D eigenvalue weighted by Crippen LogP contribution is 2.32. The summed E-state index contributed by atoms with van der Waals surface area (Å²) in [6, 6.07) is 14.8. The van der Waals surface area contributed by atoms with E-state index in [4.69, 9.17) is 8.83 Å². The minimum atomic E-state index is -0.0675. The maximum absolute atomic E-state index is 13.1. The number of hydrogen-bond acceptors (Lipinski definition) is 7. The first-order valence-electron chi connectivity index (χ1n) is 12.0. The van der Waals surface area contributed by atoms with Crippen molar-refractivity contribution in [2.24, 2.45) is 5.92 Å². The van der Waals surface area contributed by atoms with Crippen LogP contribution >= 0.6 is 0 Å². The summed E-state index contributed by atoms with van der Waals surface area (Å²) in [5.41, 5.74) is 0.876. The Morgan fingerprint density at radius 2 is 1.74 bits per heavy atom. The third-order valence-corrected chi connectivity index (χ3v) is 6.76. The first kappa shape index (κ1) is 22.7. The summed E-state index contributed by atoms with van der Waals surface area (Å²) in [6.45, 7) is 2.51. The predicted octanol–water partition coefficient (Wildman–Crippen LogP) is 3.44. The zero-order valence-electron chi connectivity index (χ0n) is 19.4. The van der Waals surface area contributed by atoms with Gasteiger partial charge in [0.25, 0.3) is 11.8 Å². The van der Waals surface area contributed by atoms with Crippen LogP contribution in [-0.4, -0.2) is 53.9 Å². The van der Waals surface area contributed by atoms with Gasteiger partial charge in [0.2, 0.25) is 17.5 Å². The maximum atomic E-state index is 13.1. The Kier molecular flexibility index (Phi) is 6.53. The lowest BCUT2D eigenvalue weighted by atomic mass is 9.93. The second-order valence-corrected chi connectivity index (χ2v) is 8.96. The van der Waals surface area contributed by atoms with E-state index < -0.39 is 0 Å². The van der Waals surface area contributed by atoms with E-state index in [2.05, 4.69) is 16.4 Å². The molecule has 0 bridgehead atoms. The number of nitrogens with zero attached hydrogens (tertiary/aromatic N) is 4. The minimum Gasteiger partial charge on any atom is -0.459 e. The number of furan rings is 1. The molecular weight excluding hydrogens is 446 g/mol. The first-order valence-corrected chi connectivity index (χ1v) is 12.0. The summed E-state index contributed by atoms with van der Waals surface area (Å²) in [6.07, 6.45) is 4.41. The van der Waals surface area contributed by atoms with Crippen molar-refractivity contribution < 1.29 is 18.4 Å². The van der Waals surface area contributed by atoms with E-state index in [0.717, 1.165) is 12.8 Å². The van der Waals surface area contributed by atoms with Crippen molar-refractivity contribution in [3.63, 3.8) is 0 Å². The van der Waals surface area contributed by atoms with Crippen LogP contribution in [0.2, 0.25) is 0 Å². The van der Waals surface area contributed by atoms with Crippen LogP contribution in [0, 0.1) is 17.2 Å². The van der Waals surface area contributed by atoms with E-state index in [1.807, 2.05) is 28.0 Å². The Bertz CT molecular complexity index is 1200. The molecule has 4 heterocycles. The van der Waals surface area contributed by atoms with Crippen LogP contribution in [0.5, 0.6) is 0 Å². The van der Waals surface area contributed by atoms with Crippen LogP contribution in [0.25, 0.3) is 11.7 Å². The molecule has 0 radical (unpaired) electrons. The number of anilines is 1. The molecule has 35 heavy (non-hydrogen) atoms. The van der Waals surface area contributed by atoms with Gasteiger partial charge >= 0.3 is 0 Å². The Morgan fingerprint density at radius 3 is 2.40 bits per heavy atom. The normalized spacial score (nSPS) is 17.2. The lowest BCUT2D eigenvalue weighted by Crippen LogP contribution is -2.49. The third kappa shape index (κ3) is 4.92. The molecular formula is C26H27N5O4. The molecule has 5 rings (SSSR count).